The van der Waals surface area contributed by atoms with E-state index < -0.39 is 53.6 Å². The SMILES string of the molecule is CC(=O)O[C@@H]1C[C@@]23C[C@@]24CC[C@H](O[C@@H]2OC[C@H](O)[C@H](O)[C@H]2O)C(C)(C)[C@H]4CC[C@H]3[C@]2(C)C[C@@H]3O[C@@]4(O)[C@H](OC(C)(C)[C@H]4O)[C@@H](C)[C@@H]3[C@@]12C. The standard InChI is InChI=1S/C37H58O11/c1-17-25-20(47-37(43)28(17)48-32(5,6)30(37)42)13-33(7)22-10-9-21-31(3,4)23(46-29-27(41)26(40)19(39)15-44-29)11-12-35(21)16-36(22,35)14-24(34(25,33)8)45-18(2)38/h17,19-30,39-43H,9-16H2,1-8H3/t17-,19-,20-,21+,22-,23-,24+,25-,26-,27+,28+,29-,30+,33-,34+,35+,36-,37-/m0/s1. The van der Waals surface area contributed by atoms with Gasteiger partial charge in [0, 0.05) is 12.3 Å². The Kier molecular flexibility index (Phi) is 7.24. The largest absolute Gasteiger partial charge is 0.462 e. The average Bonchev–Trinajstić information content (AvgIpc) is 3.52. The van der Waals surface area contributed by atoms with Gasteiger partial charge in [-0.2, -0.15) is 0 Å². The maximum atomic E-state index is 12.9. The van der Waals surface area contributed by atoms with Gasteiger partial charge < -0.3 is 49.2 Å². The predicted octanol–water partition coefficient (Wildman–Crippen LogP) is 2.66. The van der Waals surface area contributed by atoms with Crippen molar-refractivity contribution in [1.82, 2.24) is 0 Å². The second kappa shape index (κ2) is 10.2. The van der Waals surface area contributed by atoms with Crippen LogP contribution < -0.4 is 0 Å². The molecule has 3 heterocycles. The van der Waals surface area contributed by atoms with Crippen LogP contribution in [0.4, 0.5) is 0 Å². The van der Waals surface area contributed by atoms with Gasteiger partial charge in [0.15, 0.2) is 6.29 Å². The zero-order chi connectivity index (χ0) is 34.8. The van der Waals surface area contributed by atoms with Crippen molar-refractivity contribution >= 4 is 5.97 Å². The van der Waals surface area contributed by atoms with Gasteiger partial charge >= 0.3 is 5.97 Å². The molecule has 0 aromatic rings. The van der Waals surface area contributed by atoms with Gasteiger partial charge in [0.05, 0.1) is 24.4 Å². The lowest BCUT2D eigenvalue weighted by molar-refractivity contribution is -0.330. The number of hydrogen-bond acceptors (Lipinski definition) is 11. The van der Waals surface area contributed by atoms with Crippen molar-refractivity contribution in [2.24, 2.45) is 50.7 Å². The molecule has 3 saturated heterocycles. The number of carbonyl (C=O) groups excluding carboxylic acids is 1. The van der Waals surface area contributed by atoms with Crippen LogP contribution in [0.15, 0.2) is 0 Å². The number of aliphatic hydroxyl groups is 5. The number of aliphatic hydroxyl groups excluding tert-OH is 4. The topological polar surface area (TPSA) is 164 Å². The van der Waals surface area contributed by atoms with E-state index in [4.69, 9.17) is 23.7 Å². The Morgan fingerprint density at radius 2 is 1.54 bits per heavy atom. The third kappa shape index (κ3) is 3.95. The number of carbonyl (C=O) groups is 1. The van der Waals surface area contributed by atoms with Gasteiger partial charge in [0.2, 0.25) is 5.79 Å². The van der Waals surface area contributed by atoms with Crippen molar-refractivity contribution in [3.05, 3.63) is 0 Å². The Morgan fingerprint density at radius 3 is 2.23 bits per heavy atom. The summed E-state index contributed by atoms with van der Waals surface area (Å²) in [6.07, 6.45) is -1.19. The molecular formula is C37H58O11. The van der Waals surface area contributed by atoms with E-state index in [1.165, 1.54) is 6.92 Å². The minimum absolute atomic E-state index is 0.0187. The fourth-order valence-corrected chi connectivity index (χ4v) is 14.3. The van der Waals surface area contributed by atoms with Gasteiger partial charge in [-0.05, 0) is 104 Å². The lowest BCUT2D eigenvalue weighted by Gasteiger charge is -2.65. The molecule has 8 fully saturated rings. The summed E-state index contributed by atoms with van der Waals surface area (Å²) in [4.78, 5) is 12.9. The monoisotopic (exact) mass is 678 g/mol. The van der Waals surface area contributed by atoms with Crippen LogP contribution in [0.2, 0.25) is 0 Å². The Hall–Kier alpha value is -0.890. The van der Waals surface area contributed by atoms with Crippen LogP contribution in [0.1, 0.15) is 100 Å². The van der Waals surface area contributed by atoms with Gasteiger partial charge in [0.1, 0.15) is 36.6 Å². The molecule has 5 saturated carbocycles. The summed E-state index contributed by atoms with van der Waals surface area (Å²) in [5, 5.41) is 54.1. The van der Waals surface area contributed by atoms with E-state index in [-0.39, 0.29) is 64.4 Å². The number of rotatable bonds is 3. The van der Waals surface area contributed by atoms with E-state index in [1.54, 1.807) is 13.8 Å². The van der Waals surface area contributed by atoms with Crippen LogP contribution in [0, 0.1) is 50.7 Å². The summed E-state index contributed by atoms with van der Waals surface area (Å²) in [5.74, 6) is -1.56. The maximum Gasteiger partial charge on any atom is 0.302 e. The molecule has 48 heavy (non-hydrogen) atoms. The van der Waals surface area contributed by atoms with Gasteiger partial charge in [0.25, 0.3) is 0 Å². The first-order valence-corrected chi connectivity index (χ1v) is 18.5. The van der Waals surface area contributed by atoms with E-state index in [2.05, 4.69) is 34.6 Å². The zero-order valence-electron chi connectivity index (χ0n) is 29.8. The van der Waals surface area contributed by atoms with Crippen molar-refractivity contribution in [2.45, 2.75) is 167 Å². The fraction of sp³-hybridized carbons (Fsp3) is 0.973. The smallest absolute Gasteiger partial charge is 0.302 e. The molecule has 0 aromatic heterocycles. The molecular weight excluding hydrogens is 620 g/mol. The third-order valence-electron chi connectivity index (χ3n) is 16.4. The molecule has 2 spiro atoms. The van der Waals surface area contributed by atoms with E-state index in [1.807, 2.05) is 0 Å². The minimum atomic E-state index is -1.80. The van der Waals surface area contributed by atoms with Crippen molar-refractivity contribution in [3.8, 4) is 0 Å². The van der Waals surface area contributed by atoms with Crippen molar-refractivity contribution in [3.63, 3.8) is 0 Å². The molecule has 8 rings (SSSR count). The molecule has 18 atom stereocenters. The van der Waals surface area contributed by atoms with Crippen molar-refractivity contribution in [2.75, 3.05) is 6.61 Å². The van der Waals surface area contributed by atoms with Gasteiger partial charge in [-0.25, -0.2) is 0 Å². The quantitative estimate of drug-likeness (QED) is 0.220. The molecule has 0 bridgehead atoms. The molecule has 5 aliphatic carbocycles. The maximum absolute atomic E-state index is 12.9. The summed E-state index contributed by atoms with van der Waals surface area (Å²) in [7, 11) is 0. The molecule has 11 nitrogen and oxygen atoms in total. The Labute approximate surface area is 284 Å². The highest BCUT2D eigenvalue weighted by atomic mass is 16.7. The second-order valence-electron chi connectivity index (χ2n) is 19.0. The lowest BCUT2D eigenvalue weighted by Crippen LogP contribution is -2.66. The van der Waals surface area contributed by atoms with Crippen LogP contribution in [-0.2, 0) is 28.5 Å². The summed E-state index contributed by atoms with van der Waals surface area (Å²) in [5.41, 5.74) is -1.87. The summed E-state index contributed by atoms with van der Waals surface area (Å²) < 4.78 is 31.6. The first-order chi connectivity index (χ1) is 22.2. The van der Waals surface area contributed by atoms with E-state index in [0.29, 0.717) is 18.3 Å². The lowest BCUT2D eigenvalue weighted by atomic mass is 9.41. The second-order valence-corrected chi connectivity index (χ2v) is 19.0. The average molecular weight is 679 g/mol. The normalized spacial score (nSPS) is 60.4. The number of ether oxygens (including phenoxy) is 5. The van der Waals surface area contributed by atoms with Crippen LogP contribution in [0.5, 0.6) is 0 Å². The molecule has 3 aliphatic heterocycles. The molecule has 11 heteroatoms. The van der Waals surface area contributed by atoms with Crippen LogP contribution in [0.3, 0.4) is 0 Å². The first kappa shape index (κ1) is 34.2. The number of fused-ring (bicyclic) bond motifs is 5. The van der Waals surface area contributed by atoms with Gasteiger partial charge in [-0.1, -0.05) is 34.6 Å². The van der Waals surface area contributed by atoms with Crippen molar-refractivity contribution in [1.29, 1.82) is 0 Å². The Bertz CT molecular complexity index is 1350. The van der Waals surface area contributed by atoms with Crippen LogP contribution in [-0.4, -0.2) is 105 Å². The predicted molar refractivity (Wildman–Crippen MR) is 170 cm³/mol. The van der Waals surface area contributed by atoms with E-state index in [0.717, 1.165) is 38.5 Å². The highest BCUT2D eigenvalue weighted by molar-refractivity contribution is 5.66. The minimum Gasteiger partial charge on any atom is -0.462 e. The zero-order valence-corrected chi connectivity index (χ0v) is 29.8. The summed E-state index contributed by atoms with van der Waals surface area (Å²) >= 11 is 0. The molecule has 272 valence electrons. The van der Waals surface area contributed by atoms with Gasteiger partial charge in [-0.3, -0.25) is 4.79 Å². The summed E-state index contributed by atoms with van der Waals surface area (Å²) in [6, 6.07) is 0. The molecule has 0 amide bonds. The Balaban J connectivity index is 1.12. The van der Waals surface area contributed by atoms with Crippen molar-refractivity contribution < 1.29 is 54.0 Å². The van der Waals surface area contributed by atoms with E-state index >= 15 is 0 Å². The first-order valence-electron chi connectivity index (χ1n) is 18.5. The molecule has 0 unspecified atom stereocenters. The number of hydrogen-bond donors (Lipinski definition) is 5. The van der Waals surface area contributed by atoms with E-state index in [9.17, 15) is 30.3 Å². The molecule has 0 aromatic carbocycles. The third-order valence-corrected chi connectivity index (χ3v) is 16.4. The van der Waals surface area contributed by atoms with Gasteiger partial charge in [-0.15, -0.1) is 0 Å². The van der Waals surface area contributed by atoms with Crippen LogP contribution >= 0.6 is 0 Å². The fourth-order valence-electron chi connectivity index (χ4n) is 14.3. The summed E-state index contributed by atoms with van der Waals surface area (Å²) in [6.45, 7) is 16.3. The van der Waals surface area contributed by atoms with Crippen LogP contribution in [0.25, 0.3) is 0 Å². The Morgan fingerprint density at radius 1 is 0.854 bits per heavy atom. The molecule has 8 aliphatic rings. The number of esters is 1. The highest BCUT2D eigenvalue weighted by Crippen LogP contribution is 2.89. The highest BCUT2D eigenvalue weighted by Gasteiger charge is 2.86. The molecule has 0 radical (unpaired) electrons. The molecule has 5 N–H and O–H groups in total.